The second kappa shape index (κ2) is 6.17. The lowest BCUT2D eigenvalue weighted by Gasteiger charge is -2.31. The Labute approximate surface area is 129 Å². The van der Waals surface area contributed by atoms with E-state index in [-0.39, 0.29) is 12.0 Å². The van der Waals surface area contributed by atoms with Crippen LogP contribution in [0.25, 0.3) is 0 Å². The first kappa shape index (κ1) is 14.6. The highest BCUT2D eigenvalue weighted by molar-refractivity contribution is 5.92. The topological polar surface area (TPSA) is 68.5 Å². The van der Waals surface area contributed by atoms with E-state index >= 15 is 0 Å². The molecular formula is C16H19N3O3. The first-order valence-electron chi connectivity index (χ1n) is 7.44. The molecule has 0 spiro atoms. The fraction of sp³-hybridized carbons (Fsp3) is 0.438. The van der Waals surface area contributed by atoms with Gasteiger partial charge in [-0.15, -0.1) is 0 Å². The highest BCUT2D eigenvalue weighted by Crippen LogP contribution is 2.19. The molecule has 0 N–H and O–H groups in total. The van der Waals surface area contributed by atoms with E-state index in [2.05, 4.69) is 10.1 Å². The minimum Gasteiger partial charge on any atom is -0.489 e. The average molecular weight is 301 g/mol. The molecule has 1 aliphatic heterocycles. The van der Waals surface area contributed by atoms with Gasteiger partial charge in [-0.25, -0.2) is 0 Å². The van der Waals surface area contributed by atoms with Gasteiger partial charge in [0.2, 0.25) is 0 Å². The normalized spacial score (nSPS) is 15.8. The second-order valence-electron chi connectivity index (χ2n) is 5.57. The van der Waals surface area contributed by atoms with Gasteiger partial charge in [-0.2, -0.15) is 0 Å². The third-order valence-electron chi connectivity index (χ3n) is 3.76. The van der Waals surface area contributed by atoms with Gasteiger partial charge in [-0.05, 0) is 26.0 Å². The number of nitrogens with zero attached hydrogens (tertiary/aromatic N) is 3. The zero-order valence-electron chi connectivity index (χ0n) is 12.8. The first-order chi connectivity index (χ1) is 10.6. The standard InChI is InChI=1S/C16H19N3O3/c1-11-3-4-14(10-17-11)21-13-5-7-19(8-6-13)16(20)15-9-12(2)22-18-15/h3-4,9-10,13H,5-8H2,1-2H3. The lowest BCUT2D eigenvalue weighted by atomic mass is 10.1. The number of hydrogen-bond acceptors (Lipinski definition) is 5. The molecule has 6 nitrogen and oxygen atoms in total. The van der Waals surface area contributed by atoms with Crippen molar-refractivity contribution in [3.63, 3.8) is 0 Å². The van der Waals surface area contributed by atoms with Crippen molar-refractivity contribution in [1.82, 2.24) is 15.0 Å². The molecule has 1 fully saturated rings. The van der Waals surface area contributed by atoms with Gasteiger partial charge in [0, 0.05) is 37.7 Å². The zero-order chi connectivity index (χ0) is 15.5. The van der Waals surface area contributed by atoms with Gasteiger partial charge in [0.15, 0.2) is 5.69 Å². The molecule has 1 amide bonds. The molecule has 0 bridgehead atoms. The molecule has 116 valence electrons. The van der Waals surface area contributed by atoms with Gasteiger partial charge in [-0.3, -0.25) is 9.78 Å². The number of aromatic nitrogens is 2. The Hall–Kier alpha value is -2.37. The summed E-state index contributed by atoms with van der Waals surface area (Å²) in [6.45, 7) is 5.04. The van der Waals surface area contributed by atoms with Crippen LogP contribution in [0.15, 0.2) is 28.9 Å². The van der Waals surface area contributed by atoms with Crippen molar-refractivity contribution in [2.75, 3.05) is 13.1 Å². The van der Waals surface area contributed by atoms with Crippen molar-refractivity contribution in [3.8, 4) is 5.75 Å². The summed E-state index contributed by atoms with van der Waals surface area (Å²) >= 11 is 0. The molecule has 0 unspecified atom stereocenters. The summed E-state index contributed by atoms with van der Waals surface area (Å²) in [4.78, 5) is 18.3. The second-order valence-corrected chi connectivity index (χ2v) is 5.57. The molecule has 0 saturated carbocycles. The number of likely N-dealkylation sites (tertiary alicyclic amines) is 1. The van der Waals surface area contributed by atoms with E-state index in [9.17, 15) is 4.79 Å². The van der Waals surface area contributed by atoms with Crippen LogP contribution in [0.2, 0.25) is 0 Å². The molecule has 0 aliphatic carbocycles. The lowest BCUT2D eigenvalue weighted by Crippen LogP contribution is -2.41. The number of piperidine rings is 1. The monoisotopic (exact) mass is 301 g/mol. The Balaban J connectivity index is 1.54. The van der Waals surface area contributed by atoms with Gasteiger partial charge in [0.05, 0.1) is 6.20 Å². The third kappa shape index (κ3) is 3.27. The lowest BCUT2D eigenvalue weighted by molar-refractivity contribution is 0.0585. The van der Waals surface area contributed by atoms with Crippen molar-refractivity contribution in [2.24, 2.45) is 0 Å². The zero-order valence-corrected chi connectivity index (χ0v) is 12.8. The minimum absolute atomic E-state index is 0.0766. The number of amides is 1. The van der Waals surface area contributed by atoms with Crippen LogP contribution < -0.4 is 4.74 Å². The van der Waals surface area contributed by atoms with E-state index in [0.29, 0.717) is 24.5 Å². The van der Waals surface area contributed by atoms with Crippen LogP contribution in [0.5, 0.6) is 5.75 Å². The van der Waals surface area contributed by atoms with Crippen molar-refractivity contribution in [1.29, 1.82) is 0 Å². The quantitative estimate of drug-likeness (QED) is 0.870. The number of pyridine rings is 1. The predicted molar refractivity (Wildman–Crippen MR) is 79.8 cm³/mol. The van der Waals surface area contributed by atoms with Crippen molar-refractivity contribution in [2.45, 2.75) is 32.8 Å². The van der Waals surface area contributed by atoms with E-state index in [4.69, 9.17) is 9.26 Å². The highest BCUT2D eigenvalue weighted by atomic mass is 16.5. The Bertz CT molecular complexity index is 643. The fourth-order valence-electron chi connectivity index (χ4n) is 2.52. The largest absolute Gasteiger partial charge is 0.489 e. The number of rotatable bonds is 3. The van der Waals surface area contributed by atoms with Gasteiger partial charge in [0.25, 0.3) is 5.91 Å². The van der Waals surface area contributed by atoms with Crippen LogP contribution in [0.1, 0.15) is 34.8 Å². The van der Waals surface area contributed by atoms with Crippen LogP contribution in [-0.4, -0.2) is 40.1 Å². The molecule has 1 aliphatic rings. The van der Waals surface area contributed by atoms with E-state index in [1.54, 1.807) is 24.1 Å². The molecule has 6 heteroatoms. The Kier molecular flexibility index (Phi) is 4.09. The van der Waals surface area contributed by atoms with E-state index < -0.39 is 0 Å². The molecule has 2 aromatic heterocycles. The summed E-state index contributed by atoms with van der Waals surface area (Å²) in [7, 11) is 0. The van der Waals surface area contributed by atoms with Gasteiger partial charge >= 0.3 is 0 Å². The fourth-order valence-corrected chi connectivity index (χ4v) is 2.52. The number of carbonyl (C=O) groups excluding carboxylic acids is 1. The third-order valence-corrected chi connectivity index (χ3v) is 3.76. The summed E-state index contributed by atoms with van der Waals surface area (Å²) in [5.74, 6) is 1.35. The van der Waals surface area contributed by atoms with Crippen LogP contribution in [0, 0.1) is 13.8 Å². The molecule has 3 heterocycles. The average Bonchev–Trinajstić information content (AvgIpc) is 2.96. The molecular weight excluding hydrogens is 282 g/mol. The Morgan fingerprint density at radius 3 is 2.68 bits per heavy atom. The highest BCUT2D eigenvalue weighted by Gasteiger charge is 2.26. The molecule has 0 aromatic carbocycles. The summed E-state index contributed by atoms with van der Waals surface area (Å²) < 4.78 is 10.9. The summed E-state index contributed by atoms with van der Waals surface area (Å²) in [6.07, 6.45) is 3.46. The van der Waals surface area contributed by atoms with E-state index in [1.807, 2.05) is 19.1 Å². The molecule has 0 radical (unpaired) electrons. The summed E-state index contributed by atoms with van der Waals surface area (Å²) in [5, 5.41) is 3.78. The minimum atomic E-state index is -0.0766. The molecule has 1 saturated heterocycles. The Morgan fingerprint density at radius 2 is 2.09 bits per heavy atom. The van der Waals surface area contributed by atoms with Crippen LogP contribution in [0.3, 0.4) is 0 Å². The van der Waals surface area contributed by atoms with Gasteiger partial charge in [0.1, 0.15) is 17.6 Å². The SMILES string of the molecule is Cc1ccc(OC2CCN(C(=O)c3cc(C)on3)CC2)cn1. The van der Waals surface area contributed by atoms with E-state index in [1.165, 1.54) is 0 Å². The summed E-state index contributed by atoms with van der Waals surface area (Å²) in [5.41, 5.74) is 1.34. The molecule has 22 heavy (non-hydrogen) atoms. The maximum Gasteiger partial charge on any atom is 0.276 e. The maximum atomic E-state index is 12.3. The van der Waals surface area contributed by atoms with Gasteiger partial charge < -0.3 is 14.2 Å². The Morgan fingerprint density at radius 1 is 1.32 bits per heavy atom. The molecule has 3 rings (SSSR count). The first-order valence-corrected chi connectivity index (χ1v) is 7.44. The number of carbonyl (C=O) groups is 1. The van der Waals surface area contributed by atoms with Crippen molar-refractivity contribution < 1.29 is 14.1 Å². The number of aryl methyl sites for hydroxylation is 2. The maximum absolute atomic E-state index is 12.3. The van der Waals surface area contributed by atoms with E-state index in [0.717, 1.165) is 24.3 Å². The van der Waals surface area contributed by atoms with Crippen LogP contribution in [0.4, 0.5) is 0 Å². The number of hydrogen-bond donors (Lipinski definition) is 0. The smallest absolute Gasteiger partial charge is 0.276 e. The molecule has 2 aromatic rings. The van der Waals surface area contributed by atoms with Crippen molar-refractivity contribution in [3.05, 3.63) is 41.5 Å². The predicted octanol–water partition coefficient (Wildman–Crippen LogP) is 2.37. The van der Waals surface area contributed by atoms with Gasteiger partial charge in [-0.1, -0.05) is 5.16 Å². The van der Waals surface area contributed by atoms with Crippen LogP contribution >= 0.6 is 0 Å². The summed E-state index contributed by atoms with van der Waals surface area (Å²) in [6, 6.07) is 5.53. The van der Waals surface area contributed by atoms with Crippen molar-refractivity contribution >= 4 is 5.91 Å². The number of ether oxygens (including phenoxy) is 1. The molecule has 0 atom stereocenters. The van der Waals surface area contributed by atoms with Crippen LogP contribution in [-0.2, 0) is 0 Å².